The van der Waals surface area contributed by atoms with Gasteiger partial charge in [0.1, 0.15) is 4.21 Å². The smallest absolute Gasteiger partial charge is 0.252 e. The molecule has 11 heteroatoms. The highest BCUT2D eigenvalue weighted by atomic mass is 32.2. The highest BCUT2D eigenvalue weighted by Crippen LogP contribution is 2.32. The number of aromatic nitrogens is 1. The second-order valence-corrected chi connectivity index (χ2v) is 13.3. The highest BCUT2D eigenvalue weighted by Gasteiger charge is 2.36. The number of nitrogens with zero attached hydrogens (tertiary/aromatic N) is 4. The Bertz CT molecular complexity index is 1230. The third kappa shape index (κ3) is 4.66. The van der Waals surface area contributed by atoms with Crippen LogP contribution in [-0.4, -0.2) is 74.0 Å². The lowest BCUT2D eigenvalue weighted by atomic mass is 9.98. The number of hydrogen-bond donors (Lipinski definition) is 0. The number of benzene rings is 1. The summed E-state index contributed by atoms with van der Waals surface area (Å²) in [7, 11) is -3.51. The lowest BCUT2D eigenvalue weighted by molar-refractivity contribution is -0.137. The molecular formula is C22H26N4O3S4. The summed E-state index contributed by atoms with van der Waals surface area (Å²) >= 11 is 4.65. The maximum atomic E-state index is 13.2. The third-order valence-electron chi connectivity index (χ3n) is 6.27. The molecule has 0 spiro atoms. The van der Waals surface area contributed by atoms with Crippen LogP contribution in [0.5, 0.6) is 0 Å². The number of hydrogen-bond acceptors (Lipinski definition) is 8. The summed E-state index contributed by atoms with van der Waals surface area (Å²) < 4.78 is 28.8. The first-order valence-corrected chi connectivity index (χ1v) is 15.3. The van der Waals surface area contributed by atoms with Crippen LogP contribution in [0, 0.1) is 5.92 Å². The molecule has 7 nitrogen and oxygen atoms in total. The monoisotopic (exact) mass is 522 g/mol. The van der Waals surface area contributed by atoms with Crippen molar-refractivity contribution in [2.24, 2.45) is 5.92 Å². The largest absolute Gasteiger partial charge is 0.345 e. The van der Waals surface area contributed by atoms with Gasteiger partial charge in [-0.2, -0.15) is 4.31 Å². The average molecular weight is 523 g/mol. The number of thiophene rings is 1. The molecule has 0 N–H and O–H groups in total. The number of carbonyl (C=O) groups is 1. The van der Waals surface area contributed by atoms with Gasteiger partial charge in [-0.1, -0.05) is 17.4 Å². The van der Waals surface area contributed by atoms with E-state index in [0.717, 1.165) is 30.2 Å². The van der Waals surface area contributed by atoms with Crippen LogP contribution in [0.3, 0.4) is 0 Å². The van der Waals surface area contributed by atoms with E-state index in [-0.39, 0.29) is 18.4 Å². The molecule has 0 aliphatic carbocycles. The maximum absolute atomic E-state index is 13.2. The quantitative estimate of drug-likeness (QED) is 0.474. The van der Waals surface area contributed by atoms with Crippen molar-refractivity contribution < 1.29 is 13.2 Å². The zero-order valence-corrected chi connectivity index (χ0v) is 21.6. The fourth-order valence-corrected chi connectivity index (χ4v) is 8.67. The second-order valence-electron chi connectivity index (χ2n) is 8.28. The Morgan fingerprint density at radius 1 is 1.15 bits per heavy atom. The van der Waals surface area contributed by atoms with Crippen LogP contribution in [0.25, 0.3) is 10.2 Å². The highest BCUT2D eigenvalue weighted by molar-refractivity contribution is 7.98. The van der Waals surface area contributed by atoms with E-state index in [0.29, 0.717) is 30.3 Å². The first-order chi connectivity index (χ1) is 16.0. The molecule has 2 fully saturated rings. The Balaban J connectivity index is 1.21. The molecule has 176 valence electrons. The zero-order chi connectivity index (χ0) is 23.0. The average Bonchev–Trinajstić information content (AvgIpc) is 3.54. The number of anilines is 1. The minimum absolute atomic E-state index is 0.0784. The fraction of sp³-hybridized carbons (Fsp3) is 0.455. The van der Waals surface area contributed by atoms with Gasteiger partial charge in [0.25, 0.3) is 10.0 Å². The first-order valence-electron chi connectivity index (χ1n) is 11.0. The molecule has 1 atom stereocenters. The number of thiazole rings is 1. The van der Waals surface area contributed by atoms with Crippen LogP contribution < -0.4 is 4.90 Å². The van der Waals surface area contributed by atoms with Gasteiger partial charge in [0, 0.05) is 44.2 Å². The normalized spacial score (nSPS) is 20.5. The lowest BCUT2D eigenvalue weighted by Crippen LogP contribution is -2.53. The molecule has 4 heterocycles. The number of carbonyl (C=O) groups excluding carboxylic acids is 1. The molecule has 2 aromatic heterocycles. The minimum Gasteiger partial charge on any atom is -0.345 e. The minimum atomic E-state index is -3.51. The van der Waals surface area contributed by atoms with Crippen molar-refractivity contribution in [1.82, 2.24) is 14.2 Å². The fourth-order valence-electron chi connectivity index (χ4n) is 4.43. The standard InChI is InChI=1S/C22H26N4O3S4/c1-30-17-6-7-18-19(14-17)32-22(23-18)25-11-9-24(10-12-25)21(27)16-4-2-8-26(15-16)33(28,29)20-5-3-13-31-20/h3,5-7,13-14,16H,2,4,8-12,15H2,1H3. The van der Waals surface area contributed by atoms with Crippen molar-refractivity contribution in [2.75, 3.05) is 50.4 Å². The molecule has 3 aromatic rings. The predicted molar refractivity (Wildman–Crippen MR) is 136 cm³/mol. The van der Waals surface area contributed by atoms with Gasteiger partial charge in [-0.25, -0.2) is 13.4 Å². The molecule has 1 unspecified atom stereocenters. The van der Waals surface area contributed by atoms with Gasteiger partial charge in [-0.15, -0.1) is 23.1 Å². The van der Waals surface area contributed by atoms with Crippen molar-refractivity contribution in [3.05, 3.63) is 35.7 Å². The number of sulfonamides is 1. The van der Waals surface area contributed by atoms with Gasteiger partial charge < -0.3 is 9.80 Å². The summed E-state index contributed by atoms with van der Waals surface area (Å²) in [6, 6.07) is 9.73. The summed E-state index contributed by atoms with van der Waals surface area (Å²) in [5.41, 5.74) is 1.01. The van der Waals surface area contributed by atoms with Crippen LogP contribution in [0.4, 0.5) is 5.13 Å². The molecule has 1 aromatic carbocycles. The number of rotatable bonds is 5. The van der Waals surface area contributed by atoms with Gasteiger partial charge in [0.2, 0.25) is 5.91 Å². The molecule has 0 radical (unpaired) electrons. The third-order valence-corrected chi connectivity index (χ3v) is 11.3. The van der Waals surface area contributed by atoms with Gasteiger partial charge >= 0.3 is 0 Å². The van der Waals surface area contributed by atoms with E-state index >= 15 is 0 Å². The van der Waals surface area contributed by atoms with Crippen LogP contribution >= 0.6 is 34.4 Å². The SMILES string of the molecule is CSc1ccc2nc(N3CCN(C(=O)C4CCCN(S(=O)(=O)c5cccs5)C4)CC3)sc2c1. The zero-order valence-electron chi connectivity index (χ0n) is 18.3. The Kier molecular flexibility index (Phi) is 6.67. The maximum Gasteiger partial charge on any atom is 0.252 e. The summed E-state index contributed by atoms with van der Waals surface area (Å²) in [6.07, 6.45) is 3.53. The van der Waals surface area contributed by atoms with E-state index in [1.54, 1.807) is 40.6 Å². The van der Waals surface area contributed by atoms with Gasteiger partial charge in [0.05, 0.1) is 16.1 Å². The summed E-state index contributed by atoms with van der Waals surface area (Å²) in [4.78, 5) is 23.4. The van der Waals surface area contributed by atoms with Crippen LogP contribution in [0.15, 0.2) is 44.8 Å². The van der Waals surface area contributed by atoms with Crippen molar-refractivity contribution in [2.45, 2.75) is 21.9 Å². The van der Waals surface area contributed by atoms with Crippen LogP contribution in [0.2, 0.25) is 0 Å². The van der Waals surface area contributed by atoms with E-state index in [1.807, 2.05) is 4.90 Å². The Hall–Kier alpha value is -1.66. The van der Waals surface area contributed by atoms with Gasteiger partial charge in [0.15, 0.2) is 5.13 Å². The molecule has 2 saturated heterocycles. The van der Waals surface area contributed by atoms with E-state index in [2.05, 4.69) is 29.4 Å². The first kappa shape index (κ1) is 23.1. The van der Waals surface area contributed by atoms with E-state index in [4.69, 9.17) is 4.98 Å². The number of piperazine rings is 1. The lowest BCUT2D eigenvalue weighted by Gasteiger charge is -2.38. The Labute approximate surface area is 206 Å². The van der Waals surface area contributed by atoms with Crippen molar-refractivity contribution >= 4 is 65.7 Å². The van der Waals surface area contributed by atoms with Crippen molar-refractivity contribution in [3.8, 4) is 0 Å². The molecule has 2 aliphatic heterocycles. The van der Waals surface area contributed by atoms with Crippen molar-refractivity contribution in [1.29, 1.82) is 0 Å². The summed E-state index contributed by atoms with van der Waals surface area (Å²) in [5, 5.41) is 2.77. The molecule has 33 heavy (non-hydrogen) atoms. The predicted octanol–water partition coefficient (Wildman–Crippen LogP) is 3.83. The second kappa shape index (κ2) is 9.53. The molecule has 0 saturated carbocycles. The van der Waals surface area contributed by atoms with Gasteiger partial charge in [-0.05, 0) is 48.7 Å². The van der Waals surface area contributed by atoms with E-state index in [9.17, 15) is 13.2 Å². The van der Waals surface area contributed by atoms with Crippen molar-refractivity contribution in [3.63, 3.8) is 0 Å². The molecule has 2 aliphatic rings. The number of thioether (sulfide) groups is 1. The Morgan fingerprint density at radius 3 is 2.70 bits per heavy atom. The summed E-state index contributed by atoms with van der Waals surface area (Å²) in [5.74, 6) is -0.193. The van der Waals surface area contributed by atoms with E-state index in [1.165, 1.54) is 25.2 Å². The summed E-state index contributed by atoms with van der Waals surface area (Å²) in [6.45, 7) is 3.51. The molecular weight excluding hydrogens is 497 g/mol. The number of piperidine rings is 1. The Morgan fingerprint density at radius 2 is 1.97 bits per heavy atom. The number of amides is 1. The topological polar surface area (TPSA) is 73.8 Å². The van der Waals surface area contributed by atoms with Crippen LogP contribution in [-0.2, 0) is 14.8 Å². The molecule has 5 rings (SSSR count). The van der Waals surface area contributed by atoms with Crippen LogP contribution in [0.1, 0.15) is 12.8 Å². The molecule has 1 amide bonds. The molecule has 0 bridgehead atoms. The van der Waals surface area contributed by atoms with Gasteiger partial charge in [-0.3, -0.25) is 4.79 Å². The van der Waals surface area contributed by atoms with E-state index < -0.39 is 10.0 Å². The number of fused-ring (bicyclic) bond motifs is 1.